The van der Waals surface area contributed by atoms with E-state index in [1.807, 2.05) is 36.4 Å². The Morgan fingerprint density at radius 3 is 2.20 bits per heavy atom. The summed E-state index contributed by atoms with van der Waals surface area (Å²) in [4.78, 5) is 45.6. The van der Waals surface area contributed by atoms with E-state index in [0.29, 0.717) is 43.1 Å². The van der Waals surface area contributed by atoms with Crippen molar-refractivity contribution in [2.24, 2.45) is 0 Å². The summed E-state index contributed by atoms with van der Waals surface area (Å²) in [6, 6.07) is 20.0. The Balaban J connectivity index is 1.54. The number of ether oxygens (including phenoxy) is 2. The number of carbonyl (C=O) groups excluding carboxylic acids is 3. The third-order valence-corrected chi connectivity index (χ3v) is 7.55. The summed E-state index contributed by atoms with van der Waals surface area (Å²) >= 11 is 0. The van der Waals surface area contributed by atoms with Crippen LogP contribution in [0.3, 0.4) is 0 Å². The molecule has 0 N–H and O–H groups in total. The maximum atomic E-state index is 14.4. The second-order valence-corrected chi connectivity index (χ2v) is 9.85. The number of rotatable bonds is 6. The predicted octanol–water partition coefficient (Wildman–Crippen LogP) is 4.62. The zero-order valence-corrected chi connectivity index (χ0v) is 22.6. The topological polar surface area (TPSA) is 79.4 Å². The first-order chi connectivity index (χ1) is 19.4. The molecule has 2 aliphatic heterocycles. The Labute approximate surface area is 232 Å². The second-order valence-electron chi connectivity index (χ2n) is 9.85. The highest BCUT2D eigenvalue weighted by atomic mass is 19.1. The summed E-state index contributed by atoms with van der Waals surface area (Å²) < 4.78 is 24.2. The molecule has 208 valence electrons. The molecule has 0 aromatic heterocycles. The highest BCUT2D eigenvalue weighted by molar-refractivity contribution is 6.01. The van der Waals surface area contributed by atoms with Gasteiger partial charge < -0.3 is 24.2 Å². The highest BCUT2D eigenvalue weighted by Gasteiger charge is 2.46. The van der Waals surface area contributed by atoms with Gasteiger partial charge in [0, 0.05) is 38.3 Å². The van der Waals surface area contributed by atoms with Crippen LogP contribution >= 0.6 is 0 Å². The minimum absolute atomic E-state index is 0.117. The molecule has 3 aromatic rings. The average Bonchev–Trinajstić information content (AvgIpc) is 2.99. The summed E-state index contributed by atoms with van der Waals surface area (Å²) in [5, 5.41) is 0. The first-order valence-electron chi connectivity index (χ1n) is 13.4. The molecule has 2 aliphatic rings. The van der Waals surface area contributed by atoms with Crippen LogP contribution in [0, 0.1) is 5.82 Å². The summed E-state index contributed by atoms with van der Waals surface area (Å²) in [6.45, 7) is 3.70. The van der Waals surface area contributed by atoms with Crippen molar-refractivity contribution in [3.05, 3.63) is 101 Å². The number of methoxy groups -OCH3 is 1. The number of nitrogens with zero attached hydrogens (tertiary/aromatic N) is 3. The van der Waals surface area contributed by atoms with Gasteiger partial charge in [0.15, 0.2) is 0 Å². The Morgan fingerprint density at radius 2 is 1.55 bits per heavy atom. The zero-order chi connectivity index (χ0) is 28.2. The fourth-order valence-corrected chi connectivity index (χ4v) is 5.51. The van der Waals surface area contributed by atoms with Crippen LogP contribution in [0.25, 0.3) is 0 Å². The van der Waals surface area contributed by atoms with Gasteiger partial charge in [-0.05, 0) is 53.9 Å². The molecule has 40 heavy (non-hydrogen) atoms. The molecule has 3 amide bonds. The van der Waals surface area contributed by atoms with Gasteiger partial charge in [-0.2, -0.15) is 0 Å². The van der Waals surface area contributed by atoms with Crippen LogP contribution in [0.5, 0.6) is 5.75 Å². The summed E-state index contributed by atoms with van der Waals surface area (Å²) in [5.41, 5.74) is 2.68. The van der Waals surface area contributed by atoms with Gasteiger partial charge in [0.25, 0.3) is 5.91 Å². The van der Waals surface area contributed by atoms with Gasteiger partial charge in [0.05, 0.1) is 25.7 Å². The van der Waals surface area contributed by atoms with E-state index in [1.54, 1.807) is 53.0 Å². The SMILES string of the molecule is CCOC(=O)N1CCN(C(=O)[C@@H]2c3ccccc3C(=O)N(Cc3ccc(F)cc3)[C@H]2c2ccc(OC)cc2)CC1. The largest absolute Gasteiger partial charge is 0.497 e. The van der Waals surface area contributed by atoms with Crippen molar-refractivity contribution in [1.82, 2.24) is 14.7 Å². The van der Waals surface area contributed by atoms with Crippen molar-refractivity contribution in [1.29, 1.82) is 0 Å². The van der Waals surface area contributed by atoms with E-state index in [0.717, 1.165) is 11.1 Å². The van der Waals surface area contributed by atoms with Crippen molar-refractivity contribution in [2.45, 2.75) is 25.4 Å². The van der Waals surface area contributed by atoms with Crippen molar-refractivity contribution < 1.29 is 28.2 Å². The number of benzene rings is 3. The van der Waals surface area contributed by atoms with Crippen LogP contribution in [0.1, 0.15) is 45.9 Å². The molecule has 3 aromatic carbocycles. The minimum atomic E-state index is -0.683. The molecule has 1 saturated heterocycles. The van der Waals surface area contributed by atoms with Crippen molar-refractivity contribution in [3.63, 3.8) is 0 Å². The first-order valence-corrected chi connectivity index (χ1v) is 13.4. The summed E-state index contributed by atoms with van der Waals surface area (Å²) in [7, 11) is 1.58. The number of hydrogen-bond acceptors (Lipinski definition) is 5. The molecular weight excluding hydrogens is 513 g/mol. The van der Waals surface area contributed by atoms with Gasteiger partial charge in [-0.25, -0.2) is 9.18 Å². The molecule has 0 radical (unpaired) electrons. The molecule has 5 rings (SSSR count). The Hall–Kier alpha value is -4.40. The lowest BCUT2D eigenvalue weighted by Crippen LogP contribution is -2.54. The van der Waals surface area contributed by atoms with E-state index >= 15 is 0 Å². The van der Waals surface area contributed by atoms with Gasteiger partial charge >= 0.3 is 6.09 Å². The maximum absolute atomic E-state index is 14.4. The van der Waals surface area contributed by atoms with E-state index in [1.165, 1.54) is 12.1 Å². The molecule has 0 spiro atoms. The third-order valence-electron chi connectivity index (χ3n) is 7.55. The van der Waals surface area contributed by atoms with Crippen molar-refractivity contribution >= 4 is 17.9 Å². The zero-order valence-electron chi connectivity index (χ0n) is 22.6. The van der Waals surface area contributed by atoms with E-state index in [4.69, 9.17) is 9.47 Å². The monoisotopic (exact) mass is 545 g/mol. The molecule has 1 fully saturated rings. The van der Waals surface area contributed by atoms with Gasteiger partial charge in [-0.15, -0.1) is 0 Å². The molecule has 8 nitrogen and oxygen atoms in total. The van der Waals surface area contributed by atoms with Crippen molar-refractivity contribution in [3.8, 4) is 5.75 Å². The molecule has 0 saturated carbocycles. The van der Waals surface area contributed by atoms with Crippen LogP contribution < -0.4 is 4.74 Å². The summed E-state index contributed by atoms with van der Waals surface area (Å²) in [6.07, 6.45) is -0.384. The molecule has 0 aliphatic carbocycles. The van der Waals surface area contributed by atoms with Gasteiger partial charge in [0.2, 0.25) is 5.91 Å². The lowest BCUT2D eigenvalue weighted by Gasteiger charge is -2.44. The standard InChI is InChI=1S/C31H32FN3O5/c1-3-40-31(38)34-18-16-33(17-19-34)30(37)27-25-6-4-5-7-26(25)29(36)35(20-21-8-12-23(32)13-9-21)28(27)22-10-14-24(39-2)15-11-22/h4-15,27-28H,3,16-20H2,1-2H3/t27-,28+/m1/s1. The lowest BCUT2D eigenvalue weighted by atomic mass is 9.78. The fourth-order valence-electron chi connectivity index (χ4n) is 5.51. The molecular formula is C31H32FN3O5. The van der Waals surface area contributed by atoms with E-state index in [9.17, 15) is 18.8 Å². The number of halogens is 1. The first kappa shape index (κ1) is 27.2. The smallest absolute Gasteiger partial charge is 0.409 e. The molecule has 0 bridgehead atoms. The quantitative estimate of drug-likeness (QED) is 0.452. The molecule has 2 heterocycles. The molecule has 0 unspecified atom stereocenters. The van der Waals surface area contributed by atoms with Crippen LogP contribution in [0.2, 0.25) is 0 Å². The normalized spacial score (nSPS) is 18.8. The van der Waals surface area contributed by atoms with Crippen LogP contribution in [0.15, 0.2) is 72.8 Å². The Bertz CT molecular complexity index is 1370. The fraction of sp³-hybridized carbons (Fsp3) is 0.323. The van der Waals surface area contributed by atoms with Gasteiger partial charge in [-0.3, -0.25) is 9.59 Å². The van der Waals surface area contributed by atoms with Crippen molar-refractivity contribution in [2.75, 3.05) is 39.9 Å². The Morgan fingerprint density at radius 1 is 0.900 bits per heavy atom. The number of fused-ring (bicyclic) bond motifs is 1. The number of hydrogen-bond donors (Lipinski definition) is 0. The predicted molar refractivity (Wildman–Crippen MR) is 146 cm³/mol. The molecule has 9 heteroatoms. The van der Waals surface area contributed by atoms with Crippen LogP contribution in [-0.4, -0.2) is 72.5 Å². The highest BCUT2D eigenvalue weighted by Crippen LogP contribution is 2.45. The van der Waals surface area contributed by atoms with Crippen LogP contribution in [-0.2, 0) is 16.1 Å². The number of carbonyl (C=O) groups is 3. The number of piperazine rings is 1. The summed E-state index contributed by atoms with van der Waals surface area (Å²) in [5.74, 6) is -0.697. The molecule has 2 atom stereocenters. The Kier molecular flexibility index (Phi) is 8.00. The van der Waals surface area contributed by atoms with Gasteiger partial charge in [-0.1, -0.05) is 42.5 Å². The second kappa shape index (κ2) is 11.8. The average molecular weight is 546 g/mol. The van der Waals surface area contributed by atoms with E-state index in [2.05, 4.69) is 0 Å². The van der Waals surface area contributed by atoms with Crippen LogP contribution in [0.4, 0.5) is 9.18 Å². The van der Waals surface area contributed by atoms with E-state index < -0.39 is 12.0 Å². The third kappa shape index (κ3) is 5.36. The number of amides is 3. The lowest BCUT2D eigenvalue weighted by molar-refractivity contribution is -0.136. The maximum Gasteiger partial charge on any atom is 0.409 e. The van der Waals surface area contributed by atoms with E-state index in [-0.39, 0.29) is 36.9 Å². The minimum Gasteiger partial charge on any atom is -0.497 e. The van der Waals surface area contributed by atoms with Gasteiger partial charge in [0.1, 0.15) is 11.6 Å².